The second kappa shape index (κ2) is 7.42. The Balaban J connectivity index is 1.83. The SMILES string of the molecule is Cn1cc(-c2ccnc3c2c2cc(Br)ncc2n3COCC[Si](C)(C)C)cn1. The summed E-state index contributed by atoms with van der Waals surface area (Å²) in [5.74, 6) is 0. The topological polar surface area (TPSA) is 57.8 Å². The van der Waals surface area contributed by atoms with E-state index in [1.165, 1.54) is 0 Å². The van der Waals surface area contributed by atoms with Crippen LogP contribution in [0.25, 0.3) is 33.1 Å². The molecule has 0 bridgehead atoms. The van der Waals surface area contributed by atoms with E-state index in [4.69, 9.17) is 4.74 Å². The zero-order valence-corrected chi connectivity index (χ0v) is 19.2. The number of halogens is 1. The molecule has 0 N–H and O–H groups in total. The van der Waals surface area contributed by atoms with Crippen LogP contribution in [0.5, 0.6) is 0 Å². The maximum Gasteiger partial charge on any atom is 0.143 e. The van der Waals surface area contributed by atoms with Crippen molar-refractivity contribution in [1.82, 2.24) is 24.3 Å². The van der Waals surface area contributed by atoms with Crippen LogP contribution >= 0.6 is 15.9 Å². The fourth-order valence-corrected chi connectivity index (χ4v) is 4.43. The van der Waals surface area contributed by atoms with E-state index in [1.807, 2.05) is 42.6 Å². The van der Waals surface area contributed by atoms with Crippen LogP contribution in [0.2, 0.25) is 25.7 Å². The predicted octanol–water partition coefficient (Wildman–Crippen LogP) is 5.06. The lowest BCUT2D eigenvalue weighted by molar-refractivity contribution is 0.0925. The van der Waals surface area contributed by atoms with Gasteiger partial charge in [-0.05, 0) is 39.7 Å². The highest BCUT2D eigenvalue weighted by atomic mass is 79.9. The van der Waals surface area contributed by atoms with Crippen LogP contribution < -0.4 is 0 Å². The minimum Gasteiger partial charge on any atom is -0.361 e. The molecule has 8 heteroatoms. The fourth-order valence-electron chi connectivity index (χ4n) is 3.34. The number of fused-ring (bicyclic) bond motifs is 3. The third-order valence-corrected chi connectivity index (χ3v) is 6.97. The molecule has 0 spiro atoms. The highest BCUT2D eigenvalue weighted by Crippen LogP contribution is 2.36. The number of hydrogen-bond donors (Lipinski definition) is 0. The van der Waals surface area contributed by atoms with Gasteiger partial charge in [0.1, 0.15) is 17.0 Å². The summed E-state index contributed by atoms with van der Waals surface area (Å²) in [4.78, 5) is 9.13. The van der Waals surface area contributed by atoms with Crippen molar-refractivity contribution in [2.24, 2.45) is 7.05 Å². The van der Waals surface area contributed by atoms with E-state index in [2.05, 4.69) is 61.3 Å². The summed E-state index contributed by atoms with van der Waals surface area (Å²) >= 11 is 3.51. The van der Waals surface area contributed by atoms with Crippen molar-refractivity contribution in [2.45, 2.75) is 32.4 Å². The standard InChI is InChI=1S/C20H24BrN5OSi/c1-25-12-14(10-24-25)15-5-6-22-20-19(15)16-9-18(21)23-11-17(16)26(20)13-27-7-8-28(2,3)4/h5-6,9-12H,7-8,13H2,1-4H3. The van der Waals surface area contributed by atoms with Gasteiger partial charge in [0.25, 0.3) is 0 Å². The van der Waals surface area contributed by atoms with Gasteiger partial charge in [0.05, 0.1) is 17.9 Å². The Kier molecular flexibility index (Phi) is 5.11. The molecule has 146 valence electrons. The first-order valence-corrected chi connectivity index (χ1v) is 13.8. The average Bonchev–Trinajstić information content (AvgIpc) is 3.19. The van der Waals surface area contributed by atoms with Gasteiger partial charge in [-0.25, -0.2) is 9.97 Å². The number of nitrogens with zero attached hydrogens (tertiary/aromatic N) is 5. The van der Waals surface area contributed by atoms with Crippen LogP contribution in [0.15, 0.2) is 41.5 Å². The molecular formula is C20H24BrN5OSi. The molecule has 0 aliphatic heterocycles. The van der Waals surface area contributed by atoms with Crippen LogP contribution in [0, 0.1) is 0 Å². The molecule has 4 aromatic rings. The van der Waals surface area contributed by atoms with Crippen LogP contribution in [0.3, 0.4) is 0 Å². The molecule has 4 heterocycles. The Bertz CT molecular complexity index is 1140. The van der Waals surface area contributed by atoms with E-state index in [-0.39, 0.29) is 0 Å². The molecule has 0 aliphatic carbocycles. The molecule has 4 rings (SSSR count). The molecular weight excluding hydrogens is 434 g/mol. The zero-order chi connectivity index (χ0) is 19.9. The first kappa shape index (κ1) is 19.3. The Morgan fingerprint density at radius 1 is 1.18 bits per heavy atom. The number of aromatic nitrogens is 5. The largest absolute Gasteiger partial charge is 0.361 e. The molecule has 0 saturated carbocycles. The van der Waals surface area contributed by atoms with Crippen molar-refractivity contribution < 1.29 is 4.74 Å². The number of hydrogen-bond acceptors (Lipinski definition) is 4. The van der Waals surface area contributed by atoms with Gasteiger partial charge in [0, 0.05) is 50.5 Å². The summed E-state index contributed by atoms with van der Waals surface area (Å²) in [6, 6.07) is 5.24. The lowest BCUT2D eigenvalue weighted by Gasteiger charge is -2.16. The summed E-state index contributed by atoms with van der Waals surface area (Å²) in [6.07, 6.45) is 7.65. The van der Waals surface area contributed by atoms with Gasteiger partial charge in [-0.1, -0.05) is 19.6 Å². The lowest BCUT2D eigenvalue weighted by Crippen LogP contribution is -2.22. The van der Waals surface area contributed by atoms with Gasteiger partial charge in [0.15, 0.2) is 0 Å². The van der Waals surface area contributed by atoms with E-state index >= 15 is 0 Å². The van der Waals surface area contributed by atoms with E-state index in [0.29, 0.717) is 6.73 Å². The van der Waals surface area contributed by atoms with Crippen molar-refractivity contribution in [3.05, 3.63) is 41.5 Å². The Hall–Kier alpha value is -2.03. The molecule has 0 saturated heterocycles. The fraction of sp³-hybridized carbons (Fsp3) is 0.350. The molecule has 28 heavy (non-hydrogen) atoms. The molecule has 4 aromatic heterocycles. The normalized spacial score (nSPS) is 12.3. The van der Waals surface area contributed by atoms with Crippen molar-refractivity contribution in [2.75, 3.05) is 6.61 Å². The van der Waals surface area contributed by atoms with Crippen molar-refractivity contribution in [1.29, 1.82) is 0 Å². The maximum atomic E-state index is 6.05. The van der Waals surface area contributed by atoms with E-state index in [9.17, 15) is 0 Å². The smallest absolute Gasteiger partial charge is 0.143 e. The van der Waals surface area contributed by atoms with Crippen LogP contribution in [-0.2, 0) is 18.5 Å². The quantitative estimate of drug-likeness (QED) is 0.230. The summed E-state index contributed by atoms with van der Waals surface area (Å²) in [6.45, 7) is 8.32. The molecule has 0 radical (unpaired) electrons. The van der Waals surface area contributed by atoms with Gasteiger partial charge in [-0.2, -0.15) is 5.10 Å². The lowest BCUT2D eigenvalue weighted by atomic mass is 10.1. The van der Waals surface area contributed by atoms with Gasteiger partial charge in [0.2, 0.25) is 0 Å². The minimum atomic E-state index is -1.12. The minimum absolute atomic E-state index is 0.470. The van der Waals surface area contributed by atoms with Crippen LogP contribution in [0.4, 0.5) is 0 Å². The monoisotopic (exact) mass is 457 g/mol. The molecule has 0 atom stereocenters. The van der Waals surface area contributed by atoms with Crippen LogP contribution in [0.1, 0.15) is 0 Å². The molecule has 0 aliphatic rings. The van der Waals surface area contributed by atoms with Crippen molar-refractivity contribution >= 4 is 45.9 Å². The second-order valence-electron chi connectivity index (χ2n) is 8.26. The van der Waals surface area contributed by atoms with E-state index in [1.54, 1.807) is 0 Å². The van der Waals surface area contributed by atoms with Crippen LogP contribution in [-0.4, -0.2) is 39.0 Å². The predicted molar refractivity (Wildman–Crippen MR) is 119 cm³/mol. The van der Waals surface area contributed by atoms with Gasteiger partial charge < -0.3 is 4.74 Å². The molecule has 0 fully saturated rings. The molecule has 0 unspecified atom stereocenters. The summed E-state index contributed by atoms with van der Waals surface area (Å²) in [5, 5.41) is 6.54. The Morgan fingerprint density at radius 2 is 2.00 bits per heavy atom. The maximum absolute atomic E-state index is 6.05. The number of pyridine rings is 2. The third kappa shape index (κ3) is 3.76. The summed E-state index contributed by atoms with van der Waals surface area (Å²) < 4.78 is 10.8. The average molecular weight is 458 g/mol. The first-order chi connectivity index (χ1) is 13.3. The van der Waals surface area contributed by atoms with Crippen molar-refractivity contribution in [3.63, 3.8) is 0 Å². The summed E-state index contributed by atoms with van der Waals surface area (Å²) in [5.41, 5.74) is 4.11. The van der Waals surface area contributed by atoms with E-state index in [0.717, 1.165) is 50.3 Å². The second-order valence-corrected chi connectivity index (χ2v) is 14.7. The third-order valence-electron chi connectivity index (χ3n) is 4.83. The first-order valence-electron chi connectivity index (χ1n) is 9.33. The highest BCUT2D eigenvalue weighted by molar-refractivity contribution is 9.10. The van der Waals surface area contributed by atoms with Crippen molar-refractivity contribution in [3.8, 4) is 11.1 Å². The zero-order valence-electron chi connectivity index (χ0n) is 16.6. The number of ether oxygens (including phenoxy) is 1. The summed E-state index contributed by atoms with van der Waals surface area (Å²) in [7, 11) is 0.806. The number of rotatable bonds is 6. The van der Waals surface area contributed by atoms with E-state index < -0.39 is 8.07 Å². The Morgan fingerprint density at radius 3 is 2.71 bits per heavy atom. The Labute approximate surface area is 173 Å². The van der Waals surface area contributed by atoms with Gasteiger partial charge in [-0.3, -0.25) is 9.25 Å². The molecule has 0 amide bonds. The number of aryl methyl sites for hydroxylation is 1. The highest BCUT2D eigenvalue weighted by Gasteiger charge is 2.18. The van der Waals surface area contributed by atoms with Gasteiger partial charge in [-0.15, -0.1) is 0 Å². The molecule has 0 aromatic carbocycles. The van der Waals surface area contributed by atoms with Gasteiger partial charge >= 0.3 is 0 Å². The molecule has 6 nitrogen and oxygen atoms in total.